The van der Waals surface area contributed by atoms with E-state index in [0.29, 0.717) is 39.8 Å². The Kier molecular flexibility index (Phi) is 5.19. The van der Waals surface area contributed by atoms with E-state index in [-0.39, 0.29) is 0 Å². The molecule has 0 spiro atoms. The number of benzene rings is 2. The van der Waals surface area contributed by atoms with Crippen molar-refractivity contribution >= 4 is 22.7 Å². The van der Waals surface area contributed by atoms with Gasteiger partial charge in [0.25, 0.3) is 0 Å². The summed E-state index contributed by atoms with van der Waals surface area (Å²) in [5.74, 6) is -0.0859. The van der Waals surface area contributed by atoms with E-state index >= 15 is 0 Å². The third kappa shape index (κ3) is 3.54. The quantitative estimate of drug-likeness (QED) is 0.466. The van der Waals surface area contributed by atoms with E-state index in [4.69, 9.17) is 9.47 Å². The lowest BCUT2D eigenvalue weighted by Gasteiger charge is -2.15. The molecular formula is C20H20O4. The molecule has 0 atom stereocenters. The molecular weight excluding hydrogens is 304 g/mol. The number of rotatable bonds is 5. The Hall–Kier alpha value is -2.88. The minimum Gasteiger partial charge on any atom is -0.423 e. The van der Waals surface area contributed by atoms with Gasteiger partial charge in [-0.05, 0) is 31.9 Å². The summed E-state index contributed by atoms with van der Waals surface area (Å²) in [5, 5.41) is 1.39. The summed E-state index contributed by atoms with van der Waals surface area (Å²) in [6, 6.07) is 9.03. The molecule has 0 aliphatic rings. The number of hydrogen-bond acceptors (Lipinski definition) is 4. The molecule has 2 aromatic carbocycles. The number of carbonyl (C=O) groups is 2. The van der Waals surface area contributed by atoms with Gasteiger partial charge in [-0.15, -0.1) is 0 Å². The fraction of sp³-hybridized carbons (Fsp3) is 0.200. The normalized spacial score (nSPS) is 10.3. The molecule has 0 bridgehead atoms. The number of fused-ring (bicyclic) bond motifs is 1. The monoisotopic (exact) mass is 324 g/mol. The standard InChI is InChI=1S/C20H20O4/c1-6-14-11-17(23-19(21)12(2)3)15-9-7-8-10-16(15)18(14)24-20(22)13(4)5/h7-11H,2,4,6H2,1,3,5H3. The van der Waals surface area contributed by atoms with Gasteiger partial charge in [0.15, 0.2) is 0 Å². The summed E-state index contributed by atoms with van der Waals surface area (Å²) < 4.78 is 11.0. The third-order valence-corrected chi connectivity index (χ3v) is 3.51. The first-order valence-corrected chi connectivity index (χ1v) is 7.65. The number of hydrogen-bond donors (Lipinski definition) is 0. The lowest BCUT2D eigenvalue weighted by Crippen LogP contribution is -2.12. The fourth-order valence-corrected chi connectivity index (χ4v) is 2.20. The van der Waals surface area contributed by atoms with E-state index in [1.165, 1.54) is 0 Å². The zero-order chi connectivity index (χ0) is 17.9. The van der Waals surface area contributed by atoms with Gasteiger partial charge in [-0.25, -0.2) is 9.59 Å². The van der Waals surface area contributed by atoms with Crippen molar-refractivity contribution in [2.75, 3.05) is 0 Å². The summed E-state index contributed by atoms with van der Waals surface area (Å²) in [6.07, 6.45) is 0.612. The molecule has 0 heterocycles. The predicted octanol–water partition coefficient (Wildman–Crippen LogP) is 4.37. The number of esters is 2. The van der Waals surface area contributed by atoms with Crippen molar-refractivity contribution in [3.8, 4) is 11.5 Å². The summed E-state index contributed by atoms with van der Waals surface area (Å²) in [6.45, 7) is 12.3. The number of ether oxygens (including phenoxy) is 2. The van der Waals surface area contributed by atoms with Crippen molar-refractivity contribution in [3.63, 3.8) is 0 Å². The van der Waals surface area contributed by atoms with Crippen LogP contribution in [0.2, 0.25) is 0 Å². The topological polar surface area (TPSA) is 52.6 Å². The van der Waals surface area contributed by atoms with Crippen LogP contribution in [0.3, 0.4) is 0 Å². The first-order chi connectivity index (χ1) is 11.3. The molecule has 124 valence electrons. The first-order valence-electron chi connectivity index (χ1n) is 7.65. The Morgan fingerprint density at radius 3 is 2.04 bits per heavy atom. The molecule has 0 aliphatic carbocycles. The highest BCUT2D eigenvalue weighted by molar-refractivity contribution is 6.00. The van der Waals surface area contributed by atoms with Crippen LogP contribution in [0.4, 0.5) is 0 Å². The van der Waals surface area contributed by atoms with E-state index in [9.17, 15) is 9.59 Å². The van der Waals surface area contributed by atoms with E-state index in [1.807, 2.05) is 31.2 Å². The third-order valence-electron chi connectivity index (χ3n) is 3.51. The molecule has 0 N–H and O–H groups in total. The SMILES string of the molecule is C=C(C)C(=O)Oc1cc(CC)c(OC(=O)C(=C)C)c2ccccc12. The molecule has 0 saturated carbocycles. The lowest BCUT2D eigenvalue weighted by atomic mass is 10.0. The van der Waals surface area contributed by atoms with Gasteiger partial charge >= 0.3 is 11.9 Å². The Bertz CT molecular complexity index is 846. The highest BCUT2D eigenvalue weighted by Crippen LogP contribution is 2.37. The average molecular weight is 324 g/mol. The van der Waals surface area contributed by atoms with Crippen molar-refractivity contribution in [1.29, 1.82) is 0 Å². The number of aryl methyl sites for hydroxylation is 1. The van der Waals surface area contributed by atoms with Crippen LogP contribution < -0.4 is 9.47 Å². The van der Waals surface area contributed by atoms with Gasteiger partial charge in [-0.2, -0.15) is 0 Å². The molecule has 0 aromatic heterocycles. The Morgan fingerprint density at radius 1 is 0.958 bits per heavy atom. The van der Waals surface area contributed by atoms with Crippen LogP contribution in [0.15, 0.2) is 54.6 Å². The molecule has 24 heavy (non-hydrogen) atoms. The van der Waals surface area contributed by atoms with Crippen molar-refractivity contribution in [2.45, 2.75) is 27.2 Å². The maximum Gasteiger partial charge on any atom is 0.338 e. The lowest BCUT2D eigenvalue weighted by molar-refractivity contribution is -0.131. The summed E-state index contributed by atoms with van der Waals surface area (Å²) >= 11 is 0. The minimum atomic E-state index is -0.492. The molecule has 0 unspecified atom stereocenters. The van der Waals surface area contributed by atoms with Crippen molar-refractivity contribution in [1.82, 2.24) is 0 Å². The first kappa shape index (κ1) is 17.5. The van der Waals surface area contributed by atoms with Gasteiger partial charge in [-0.1, -0.05) is 44.3 Å². The second-order valence-electron chi connectivity index (χ2n) is 5.60. The van der Waals surface area contributed by atoms with Gasteiger partial charge in [-0.3, -0.25) is 0 Å². The van der Waals surface area contributed by atoms with E-state index in [2.05, 4.69) is 13.2 Å². The summed E-state index contributed by atoms with van der Waals surface area (Å²) in [7, 11) is 0. The smallest absolute Gasteiger partial charge is 0.338 e. The van der Waals surface area contributed by atoms with Crippen LogP contribution in [0.25, 0.3) is 10.8 Å². The van der Waals surface area contributed by atoms with Crippen LogP contribution in [-0.2, 0) is 16.0 Å². The number of carbonyl (C=O) groups excluding carboxylic acids is 2. The average Bonchev–Trinajstić information content (AvgIpc) is 2.56. The molecule has 0 amide bonds. The second-order valence-corrected chi connectivity index (χ2v) is 5.60. The Balaban J connectivity index is 2.64. The van der Waals surface area contributed by atoms with Crippen LogP contribution >= 0.6 is 0 Å². The molecule has 0 saturated heterocycles. The molecule has 4 heteroatoms. The second kappa shape index (κ2) is 7.13. The van der Waals surface area contributed by atoms with E-state index in [1.54, 1.807) is 19.9 Å². The summed E-state index contributed by atoms with van der Waals surface area (Å²) in [4.78, 5) is 23.8. The molecule has 2 aromatic rings. The van der Waals surface area contributed by atoms with Crippen LogP contribution in [-0.4, -0.2) is 11.9 Å². The largest absolute Gasteiger partial charge is 0.423 e. The van der Waals surface area contributed by atoms with E-state index < -0.39 is 11.9 Å². The molecule has 0 fully saturated rings. The van der Waals surface area contributed by atoms with Crippen molar-refractivity contribution in [2.24, 2.45) is 0 Å². The van der Waals surface area contributed by atoms with Crippen LogP contribution in [0, 0.1) is 0 Å². The van der Waals surface area contributed by atoms with Gasteiger partial charge in [0.1, 0.15) is 11.5 Å². The zero-order valence-corrected chi connectivity index (χ0v) is 14.1. The van der Waals surface area contributed by atoms with Crippen LogP contribution in [0.5, 0.6) is 11.5 Å². The van der Waals surface area contributed by atoms with Gasteiger partial charge in [0, 0.05) is 21.9 Å². The molecule has 4 nitrogen and oxygen atoms in total. The van der Waals surface area contributed by atoms with E-state index in [0.717, 1.165) is 5.56 Å². The Morgan fingerprint density at radius 2 is 1.50 bits per heavy atom. The van der Waals surface area contributed by atoms with Gasteiger partial charge in [0.05, 0.1) is 0 Å². The molecule has 2 rings (SSSR count). The van der Waals surface area contributed by atoms with Crippen molar-refractivity contribution < 1.29 is 19.1 Å². The zero-order valence-electron chi connectivity index (χ0n) is 14.1. The summed E-state index contributed by atoms with van der Waals surface area (Å²) in [5.41, 5.74) is 1.40. The van der Waals surface area contributed by atoms with Crippen LogP contribution in [0.1, 0.15) is 26.3 Å². The maximum absolute atomic E-state index is 12.0. The highest BCUT2D eigenvalue weighted by Gasteiger charge is 2.18. The van der Waals surface area contributed by atoms with Gasteiger partial charge < -0.3 is 9.47 Å². The Labute approximate surface area is 141 Å². The van der Waals surface area contributed by atoms with Gasteiger partial charge in [0.2, 0.25) is 0 Å². The fourth-order valence-electron chi connectivity index (χ4n) is 2.20. The van der Waals surface area contributed by atoms with Crippen molar-refractivity contribution in [3.05, 3.63) is 60.2 Å². The highest BCUT2D eigenvalue weighted by atomic mass is 16.5. The molecule has 0 radical (unpaired) electrons. The molecule has 0 aliphatic heterocycles. The predicted molar refractivity (Wildman–Crippen MR) is 94.2 cm³/mol. The minimum absolute atomic E-state index is 0.315. The maximum atomic E-state index is 12.0.